The van der Waals surface area contributed by atoms with Crippen LogP contribution >= 0.6 is 11.6 Å². The van der Waals surface area contributed by atoms with Crippen LogP contribution in [0.3, 0.4) is 0 Å². The molecule has 0 saturated carbocycles. The van der Waals surface area contributed by atoms with Crippen LogP contribution in [-0.2, 0) is 13.0 Å². The second-order valence-corrected chi connectivity index (χ2v) is 5.73. The highest BCUT2D eigenvalue weighted by atomic mass is 35.5. The van der Waals surface area contributed by atoms with Gasteiger partial charge in [0.05, 0.1) is 6.54 Å². The Kier molecular flexibility index (Phi) is 4.85. The van der Waals surface area contributed by atoms with E-state index in [-0.39, 0.29) is 0 Å². The molecule has 0 amide bonds. The highest BCUT2D eigenvalue weighted by Gasteiger charge is 2.13. The molecular formula is C15H19ClN4O. The van der Waals surface area contributed by atoms with Crippen molar-refractivity contribution in [1.29, 1.82) is 0 Å². The summed E-state index contributed by atoms with van der Waals surface area (Å²) < 4.78 is 5.35. The molecule has 0 radical (unpaired) electrons. The zero-order valence-electron chi connectivity index (χ0n) is 11.9. The number of hydrogen-bond acceptors (Lipinski definition) is 5. The fraction of sp³-hybridized carbons (Fsp3) is 0.467. The fourth-order valence-corrected chi connectivity index (χ4v) is 2.72. The maximum atomic E-state index is 5.98. The molecule has 2 aromatic rings. The van der Waals surface area contributed by atoms with Gasteiger partial charge in [-0.1, -0.05) is 28.9 Å². The Bertz CT molecular complexity index is 579. The van der Waals surface area contributed by atoms with E-state index in [1.165, 1.54) is 0 Å². The molecule has 1 aliphatic rings. The van der Waals surface area contributed by atoms with Crippen LogP contribution in [0.2, 0.25) is 5.02 Å². The Balaban J connectivity index is 1.60. The normalized spacial score (nSPS) is 16.8. The number of rotatable bonds is 4. The highest BCUT2D eigenvalue weighted by molar-refractivity contribution is 6.30. The molecule has 5 nitrogen and oxygen atoms in total. The zero-order valence-corrected chi connectivity index (χ0v) is 12.6. The lowest BCUT2D eigenvalue weighted by Gasteiger charge is -2.16. The SMILES string of the molecule is Clc1cccc(Cc2noc(CN3CCCNCC3)n2)c1. The second-order valence-electron chi connectivity index (χ2n) is 5.29. The number of benzene rings is 1. The predicted octanol–water partition coefficient (Wildman–Crippen LogP) is 2.11. The van der Waals surface area contributed by atoms with Gasteiger partial charge in [-0.15, -0.1) is 0 Å². The summed E-state index contributed by atoms with van der Waals surface area (Å²) in [5.41, 5.74) is 1.09. The molecular weight excluding hydrogens is 288 g/mol. The molecule has 0 atom stereocenters. The van der Waals surface area contributed by atoms with E-state index in [1.807, 2.05) is 24.3 Å². The lowest BCUT2D eigenvalue weighted by molar-refractivity contribution is 0.238. The topological polar surface area (TPSA) is 54.2 Å². The van der Waals surface area contributed by atoms with Crippen molar-refractivity contribution < 1.29 is 4.52 Å². The molecule has 1 aromatic heterocycles. The Hall–Kier alpha value is -1.43. The van der Waals surface area contributed by atoms with Gasteiger partial charge in [-0.05, 0) is 37.2 Å². The first kappa shape index (κ1) is 14.5. The van der Waals surface area contributed by atoms with Crippen LogP contribution in [0, 0.1) is 0 Å². The Morgan fingerprint density at radius 3 is 3.14 bits per heavy atom. The molecule has 0 bridgehead atoms. The Labute approximate surface area is 129 Å². The molecule has 1 N–H and O–H groups in total. The van der Waals surface area contributed by atoms with Crippen molar-refractivity contribution in [3.8, 4) is 0 Å². The van der Waals surface area contributed by atoms with Crippen molar-refractivity contribution in [2.45, 2.75) is 19.4 Å². The third kappa shape index (κ3) is 4.27. The maximum Gasteiger partial charge on any atom is 0.240 e. The van der Waals surface area contributed by atoms with E-state index in [0.717, 1.165) is 49.7 Å². The van der Waals surface area contributed by atoms with Crippen LogP contribution in [-0.4, -0.2) is 41.2 Å². The van der Waals surface area contributed by atoms with Gasteiger partial charge < -0.3 is 9.84 Å². The Morgan fingerprint density at radius 2 is 2.24 bits per heavy atom. The summed E-state index contributed by atoms with van der Waals surface area (Å²) in [4.78, 5) is 6.82. The van der Waals surface area contributed by atoms with Crippen molar-refractivity contribution in [2.24, 2.45) is 0 Å². The quantitative estimate of drug-likeness (QED) is 0.937. The second kappa shape index (κ2) is 7.02. The molecule has 6 heteroatoms. The van der Waals surface area contributed by atoms with Crippen LogP contribution in [0.5, 0.6) is 0 Å². The molecule has 2 heterocycles. The number of halogens is 1. The third-order valence-corrected chi connectivity index (χ3v) is 3.79. The van der Waals surface area contributed by atoms with E-state index in [4.69, 9.17) is 16.1 Å². The minimum absolute atomic E-state index is 0.644. The highest BCUT2D eigenvalue weighted by Crippen LogP contribution is 2.14. The maximum absolute atomic E-state index is 5.98. The first-order chi connectivity index (χ1) is 10.3. The first-order valence-corrected chi connectivity index (χ1v) is 7.66. The van der Waals surface area contributed by atoms with E-state index in [2.05, 4.69) is 20.4 Å². The lowest BCUT2D eigenvalue weighted by Crippen LogP contribution is -2.27. The summed E-state index contributed by atoms with van der Waals surface area (Å²) in [7, 11) is 0. The van der Waals surface area contributed by atoms with E-state index in [1.54, 1.807) is 0 Å². The van der Waals surface area contributed by atoms with Gasteiger partial charge >= 0.3 is 0 Å². The molecule has 1 saturated heterocycles. The monoisotopic (exact) mass is 306 g/mol. The predicted molar refractivity (Wildman–Crippen MR) is 81.3 cm³/mol. The molecule has 1 aliphatic heterocycles. The van der Waals surface area contributed by atoms with Gasteiger partial charge in [0.25, 0.3) is 0 Å². The van der Waals surface area contributed by atoms with E-state index < -0.39 is 0 Å². The third-order valence-electron chi connectivity index (χ3n) is 3.55. The molecule has 0 unspecified atom stereocenters. The molecule has 1 fully saturated rings. The molecule has 21 heavy (non-hydrogen) atoms. The summed E-state index contributed by atoms with van der Waals surface area (Å²) in [6.45, 7) is 4.92. The van der Waals surface area contributed by atoms with Gasteiger partial charge in [-0.3, -0.25) is 4.90 Å². The van der Waals surface area contributed by atoms with E-state index in [0.29, 0.717) is 18.1 Å². The van der Waals surface area contributed by atoms with Crippen molar-refractivity contribution in [1.82, 2.24) is 20.4 Å². The first-order valence-electron chi connectivity index (χ1n) is 7.28. The van der Waals surface area contributed by atoms with E-state index in [9.17, 15) is 0 Å². The molecule has 3 rings (SSSR count). The van der Waals surface area contributed by atoms with Crippen molar-refractivity contribution >= 4 is 11.6 Å². The number of aromatic nitrogens is 2. The standard InChI is InChI=1S/C15H19ClN4O/c16-13-4-1-3-12(9-13)10-14-18-15(21-19-14)11-20-7-2-5-17-6-8-20/h1,3-4,9,17H,2,5-8,10-11H2. The smallest absolute Gasteiger partial charge is 0.240 e. The molecule has 0 spiro atoms. The van der Waals surface area contributed by atoms with Gasteiger partial charge in [0.15, 0.2) is 5.82 Å². The summed E-state index contributed by atoms with van der Waals surface area (Å²) in [5, 5.41) is 8.17. The minimum atomic E-state index is 0.644. The van der Waals surface area contributed by atoms with Gasteiger partial charge in [0.1, 0.15) is 0 Å². The van der Waals surface area contributed by atoms with E-state index >= 15 is 0 Å². The largest absolute Gasteiger partial charge is 0.338 e. The van der Waals surface area contributed by atoms with Gasteiger partial charge in [-0.2, -0.15) is 4.98 Å². The molecule has 0 aliphatic carbocycles. The van der Waals surface area contributed by atoms with Gasteiger partial charge in [0, 0.05) is 24.5 Å². The minimum Gasteiger partial charge on any atom is -0.338 e. The summed E-state index contributed by atoms with van der Waals surface area (Å²) in [5.74, 6) is 1.40. The van der Waals surface area contributed by atoms with Crippen molar-refractivity contribution in [3.05, 3.63) is 46.6 Å². The number of hydrogen-bond donors (Lipinski definition) is 1. The van der Waals surface area contributed by atoms with Crippen LogP contribution in [0.1, 0.15) is 23.7 Å². The summed E-state index contributed by atoms with van der Waals surface area (Å²) >= 11 is 5.98. The van der Waals surface area contributed by atoms with Crippen molar-refractivity contribution in [2.75, 3.05) is 26.2 Å². The fourth-order valence-electron chi connectivity index (χ4n) is 2.51. The molecule has 112 valence electrons. The summed E-state index contributed by atoms with van der Waals surface area (Å²) in [6.07, 6.45) is 1.80. The van der Waals surface area contributed by atoms with Gasteiger partial charge in [-0.25, -0.2) is 0 Å². The number of nitrogens with one attached hydrogen (secondary N) is 1. The summed E-state index contributed by atoms with van der Waals surface area (Å²) in [6, 6.07) is 7.74. The van der Waals surface area contributed by atoms with Crippen LogP contribution in [0.15, 0.2) is 28.8 Å². The van der Waals surface area contributed by atoms with Crippen molar-refractivity contribution in [3.63, 3.8) is 0 Å². The van der Waals surface area contributed by atoms with Crippen LogP contribution < -0.4 is 5.32 Å². The average Bonchev–Trinajstić information content (AvgIpc) is 2.73. The molecule has 1 aromatic carbocycles. The van der Waals surface area contributed by atoms with Crippen LogP contribution in [0.25, 0.3) is 0 Å². The average molecular weight is 307 g/mol. The van der Waals surface area contributed by atoms with Gasteiger partial charge in [0.2, 0.25) is 5.89 Å². The van der Waals surface area contributed by atoms with Crippen LogP contribution in [0.4, 0.5) is 0 Å². The number of nitrogens with zero attached hydrogens (tertiary/aromatic N) is 3. The Morgan fingerprint density at radius 1 is 1.29 bits per heavy atom. The zero-order chi connectivity index (χ0) is 14.5. The lowest BCUT2D eigenvalue weighted by atomic mass is 10.1.